The van der Waals surface area contributed by atoms with Crippen molar-refractivity contribution < 1.29 is 0 Å². The van der Waals surface area contributed by atoms with Gasteiger partial charge in [-0.3, -0.25) is 0 Å². The lowest BCUT2D eigenvalue weighted by atomic mass is 10.0. The zero-order chi connectivity index (χ0) is 17.7. The van der Waals surface area contributed by atoms with E-state index in [1.807, 2.05) is 0 Å². The van der Waals surface area contributed by atoms with Crippen molar-refractivity contribution in [3.63, 3.8) is 0 Å². The molecule has 0 bridgehead atoms. The second-order valence-electron chi connectivity index (χ2n) is 7.32. The molecule has 0 fully saturated rings. The van der Waals surface area contributed by atoms with Gasteiger partial charge in [-0.1, -0.05) is 68.4 Å². The largest absolute Gasteiger partial charge is 0.309 e. The summed E-state index contributed by atoms with van der Waals surface area (Å²) < 4.78 is 2.41. The number of aromatic nitrogens is 1. The Morgan fingerprint density at radius 1 is 0.615 bits per heavy atom. The lowest BCUT2D eigenvalue weighted by Gasteiger charge is -2.10. The Morgan fingerprint density at radius 3 is 2.00 bits per heavy atom. The molecular weight excluding hydrogens is 314 g/mol. The minimum Gasteiger partial charge on any atom is -0.309 e. The first-order valence-electron chi connectivity index (χ1n) is 9.24. The highest BCUT2D eigenvalue weighted by Crippen LogP contribution is 2.36. The van der Waals surface area contributed by atoms with E-state index in [0.29, 0.717) is 5.92 Å². The zero-order valence-electron chi connectivity index (χ0n) is 15.1. The molecule has 1 nitrogen and oxygen atoms in total. The minimum atomic E-state index is 0.515. The monoisotopic (exact) mass is 335 g/mol. The van der Waals surface area contributed by atoms with Crippen molar-refractivity contribution in [1.29, 1.82) is 0 Å². The molecule has 0 aliphatic heterocycles. The van der Waals surface area contributed by atoms with Gasteiger partial charge in [0.15, 0.2) is 0 Å². The van der Waals surface area contributed by atoms with E-state index in [0.717, 1.165) is 0 Å². The van der Waals surface area contributed by atoms with E-state index >= 15 is 0 Å². The summed E-state index contributed by atoms with van der Waals surface area (Å²) >= 11 is 0. The molecule has 0 radical (unpaired) electrons. The van der Waals surface area contributed by atoms with Crippen LogP contribution in [0, 0.1) is 0 Å². The summed E-state index contributed by atoms with van der Waals surface area (Å²) in [5.74, 6) is 0.515. The Kier molecular flexibility index (Phi) is 3.36. The molecule has 1 aromatic heterocycles. The van der Waals surface area contributed by atoms with Crippen molar-refractivity contribution >= 4 is 32.6 Å². The summed E-state index contributed by atoms with van der Waals surface area (Å²) in [6, 6.07) is 30.9. The Hall–Kier alpha value is -3.06. The third kappa shape index (κ3) is 2.24. The lowest BCUT2D eigenvalue weighted by molar-refractivity contribution is 0.868. The maximum absolute atomic E-state index is 2.41. The van der Waals surface area contributed by atoms with Crippen molar-refractivity contribution in [3.05, 3.63) is 90.5 Å². The van der Waals surface area contributed by atoms with E-state index in [4.69, 9.17) is 0 Å². The van der Waals surface area contributed by atoms with Crippen LogP contribution < -0.4 is 0 Å². The summed E-state index contributed by atoms with van der Waals surface area (Å²) in [4.78, 5) is 0. The molecule has 26 heavy (non-hydrogen) atoms. The number of para-hydroxylation sites is 1. The fourth-order valence-electron chi connectivity index (χ4n) is 3.93. The van der Waals surface area contributed by atoms with E-state index in [2.05, 4.69) is 103 Å². The number of hydrogen-bond donors (Lipinski definition) is 0. The highest BCUT2D eigenvalue weighted by Gasteiger charge is 2.14. The number of nitrogens with zero attached hydrogens (tertiary/aromatic N) is 1. The van der Waals surface area contributed by atoms with Crippen LogP contribution in [0.3, 0.4) is 0 Å². The summed E-state index contributed by atoms with van der Waals surface area (Å²) in [6.07, 6.45) is 0. The van der Waals surface area contributed by atoms with Crippen LogP contribution in [-0.2, 0) is 0 Å². The zero-order valence-corrected chi connectivity index (χ0v) is 15.1. The van der Waals surface area contributed by atoms with Crippen molar-refractivity contribution in [3.8, 4) is 5.69 Å². The molecule has 5 aromatic rings. The highest BCUT2D eigenvalue weighted by molar-refractivity contribution is 6.13. The number of rotatable bonds is 2. The van der Waals surface area contributed by atoms with Crippen LogP contribution in [0.2, 0.25) is 0 Å². The highest BCUT2D eigenvalue weighted by atomic mass is 15.0. The molecule has 0 aliphatic rings. The molecule has 4 aromatic carbocycles. The number of benzene rings is 4. The summed E-state index contributed by atoms with van der Waals surface area (Å²) in [5, 5.41) is 5.21. The molecule has 0 N–H and O–H groups in total. The van der Waals surface area contributed by atoms with E-state index in [9.17, 15) is 0 Å². The van der Waals surface area contributed by atoms with Gasteiger partial charge in [-0.15, -0.1) is 0 Å². The van der Waals surface area contributed by atoms with Crippen LogP contribution in [0.5, 0.6) is 0 Å². The van der Waals surface area contributed by atoms with Crippen LogP contribution in [0.15, 0.2) is 84.9 Å². The smallest absolute Gasteiger partial charge is 0.0547 e. The van der Waals surface area contributed by atoms with Crippen molar-refractivity contribution in [2.75, 3.05) is 0 Å². The molecule has 1 heterocycles. The maximum atomic E-state index is 2.41. The maximum Gasteiger partial charge on any atom is 0.0547 e. The van der Waals surface area contributed by atoms with Gasteiger partial charge in [-0.2, -0.15) is 0 Å². The molecular formula is C25H21N. The van der Waals surface area contributed by atoms with Crippen molar-refractivity contribution in [1.82, 2.24) is 4.57 Å². The quantitative estimate of drug-likeness (QED) is 0.325. The fraction of sp³-hybridized carbons (Fsp3) is 0.120. The van der Waals surface area contributed by atoms with Crippen molar-refractivity contribution in [2.24, 2.45) is 0 Å². The lowest BCUT2D eigenvalue weighted by Crippen LogP contribution is -1.94. The van der Waals surface area contributed by atoms with E-state index in [-0.39, 0.29) is 0 Å². The first-order valence-corrected chi connectivity index (χ1v) is 9.24. The Labute approximate surface area is 153 Å². The van der Waals surface area contributed by atoms with Gasteiger partial charge in [0.2, 0.25) is 0 Å². The molecule has 0 saturated carbocycles. The van der Waals surface area contributed by atoms with Gasteiger partial charge in [-0.25, -0.2) is 0 Å². The van der Waals surface area contributed by atoms with Crippen LogP contribution in [0.25, 0.3) is 38.3 Å². The van der Waals surface area contributed by atoms with Gasteiger partial charge < -0.3 is 4.57 Å². The van der Waals surface area contributed by atoms with Gasteiger partial charge >= 0.3 is 0 Å². The van der Waals surface area contributed by atoms with Crippen LogP contribution in [-0.4, -0.2) is 4.57 Å². The van der Waals surface area contributed by atoms with Gasteiger partial charge in [0.1, 0.15) is 0 Å². The molecule has 1 heteroatoms. The Balaban J connectivity index is 1.98. The third-order valence-electron chi connectivity index (χ3n) is 5.34. The topological polar surface area (TPSA) is 4.93 Å². The molecule has 5 rings (SSSR count). The predicted octanol–water partition coefficient (Wildman–Crippen LogP) is 7.06. The predicted molar refractivity (Wildman–Crippen MR) is 112 cm³/mol. The summed E-state index contributed by atoms with van der Waals surface area (Å²) in [7, 11) is 0. The third-order valence-corrected chi connectivity index (χ3v) is 5.34. The first-order chi connectivity index (χ1) is 12.7. The van der Waals surface area contributed by atoms with Crippen LogP contribution >= 0.6 is 0 Å². The van der Waals surface area contributed by atoms with Crippen LogP contribution in [0.4, 0.5) is 0 Å². The average molecular weight is 335 g/mol. The summed E-state index contributed by atoms with van der Waals surface area (Å²) in [6.45, 7) is 4.51. The average Bonchev–Trinajstić information content (AvgIpc) is 2.99. The van der Waals surface area contributed by atoms with E-state index in [1.165, 1.54) is 43.8 Å². The molecule has 126 valence electrons. The molecule has 0 unspecified atom stereocenters. The van der Waals surface area contributed by atoms with Gasteiger partial charge in [0.25, 0.3) is 0 Å². The molecule has 0 saturated heterocycles. The minimum absolute atomic E-state index is 0.515. The molecule has 0 aliphatic carbocycles. The molecule has 0 amide bonds. The second-order valence-corrected chi connectivity index (χ2v) is 7.32. The second kappa shape index (κ2) is 5.74. The molecule has 0 spiro atoms. The normalized spacial score (nSPS) is 11.8. The van der Waals surface area contributed by atoms with E-state index in [1.54, 1.807) is 0 Å². The molecule has 0 atom stereocenters. The Bertz CT molecular complexity index is 1240. The SMILES string of the molecule is CC(C)c1ccc2c3cc4ccccc4cc3n(-c3ccccc3)c2c1. The van der Waals surface area contributed by atoms with Gasteiger partial charge in [-0.05, 0) is 52.6 Å². The number of hydrogen-bond acceptors (Lipinski definition) is 0. The summed E-state index contributed by atoms with van der Waals surface area (Å²) in [5.41, 5.74) is 5.14. The fourth-order valence-corrected chi connectivity index (χ4v) is 3.93. The van der Waals surface area contributed by atoms with Gasteiger partial charge in [0.05, 0.1) is 11.0 Å². The Morgan fingerprint density at radius 2 is 1.27 bits per heavy atom. The van der Waals surface area contributed by atoms with Gasteiger partial charge in [0, 0.05) is 16.5 Å². The standard InChI is InChI=1S/C25H21N/c1-17(2)18-12-13-22-23-14-19-8-6-7-9-20(19)16-25(23)26(24(22)15-18)21-10-4-3-5-11-21/h3-17H,1-2H3. The van der Waals surface area contributed by atoms with E-state index < -0.39 is 0 Å². The van der Waals surface area contributed by atoms with Crippen molar-refractivity contribution in [2.45, 2.75) is 19.8 Å². The first kappa shape index (κ1) is 15.2. The number of fused-ring (bicyclic) bond motifs is 4. The van der Waals surface area contributed by atoms with Crippen LogP contribution in [0.1, 0.15) is 25.3 Å².